The fraction of sp³-hybridized carbons (Fsp3) is 0.562. The number of carbonyl (C=O) groups is 2. The molecule has 1 N–H and O–H groups in total. The number of pyridine rings is 1. The molecule has 0 fully saturated rings. The lowest BCUT2D eigenvalue weighted by atomic mass is 10.1. The number of hydrogen-bond donors (Lipinski definition) is 1. The molecule has 0 radical (unpaired) electrons. The van der Waals surface area contributed by atoms with Crippen molar-refractivity contribution in [1.29, 1.82) is 0 Å². The van der Waals surface area contributed by atoms with Crippen molar-refractivity contribution < 1.29 is 19.1 Å². The van der Waals surface area contributed by atoms with E-state index in [4.69, 9.17) is 9.47 Å². The molecule has 0 saturated heterocycles. The van der Waals surface area contributed by atoms with E-state index in [0.29, 0.717) is 25.1 Å². The highest BCUT2D eigenvalue weighted by molar-refractivity contribution is 5.85. The summed E-state index contributed by atoms with van der Waals surface area (Å²) >= 11 is 0. The second kappa shape index (κ2) is 6.34. The van der Waals surface area contributed by atoms with Crippen LogP contribution in [0.3, 0.4) is 0 Å². The first-order valence-corrected chi connectivity index (χ1v) is 7.43. The van der Waals surface area contributed by atoms with Gasteiger partial charge in [-0.05, 0) is 45.7 Å². The SMILES string of the molecule is CCOC(=O)C1Cc2cc(NC(=O)OC(C)(C)C)cnc2C1. The molecule has 0 bridgehead atoms. The molecule has 22 heavy (non-hydrogen) atoms. The summed E-state index contributed by atoms with van der Waals surface area (Å²) in [6.45, 7) is 7.58. The number of fused-ring (bicyclic) bond motifs is 1. The number of rotatable bonds is 3. The van der Waals surface area contributed by atoms with Crippen LogP contribution in [-0.4, -0.2) is 29.3 Å². The standard InChI is InChI=1S/C16H22N2O4/c1-5-21-14(19)11-6-10-7-12(9-17-13(10)8-11)18-15(20)22-16(2,3)4/h7,9,11H,5-6,8H2,1-4H3,(H,18,20). The molecule has 1 aliphatic rings. The zero-order chi connectivity index (χ0) is 16.3. The normalized spacial score (nSPS) is 16.8. The third-order valence-electron chi connectivity index (χ3n) is 3.23. The minimum Gasteiger partial charge on any atom is -0.466 e. The van der Waals surface area contributed by atoms with Gasteiger partial charge in [-0.3, -0.25) is 15.1 Å². The van der Waals surface area contributed by atoms with E-state index in [-0.39, 0.29) is 11.9 Å². The summed E-state index contributed by atoms with van der Waals surface area (Å²) in [7, 11) is 0. The highest BCUT2D eigenvalue weighted by Gasteiger charge is 2.29. The largest absolute Gasteiger partial charge is 0.466 e. The van der Waals surface area contributed by atoms with Crippen molar-refractivity contribution in [2.24, 2.45) is 5.92 Å². The van der Waals surface area contributed by atoms with E-state index in [2.05, 4.69) is 10.3 Å². The van der Waals surface area contributed by atoms with Gasteiger partial charge in [0.25, 0.3) is 0 Å². The first-order chi connectivity index (χ1) is 10.3. The number of hydrogen-bond acceptors (Lipinski definition) is 5. The van der Waals surface area contributed by atoms with Crippen molar-refractivity contribution in [3.05, 3.63) is 23.5 Å². The van der Waals surface area contributed by atoms with E-state index in [1.165, 1.54) is 0 Å². The summed E-state index contributed by atoms with van der Waals surface area (Å²) < 4.78 is 10.3. The molecule has 0 aliphatic heterocycles. The maximum absolute atomic E-state index is 11.8. The molecule has 120 valence electrons. The lowest BCUT2D eigenvalue weighted by molar-refractivity contribution is -0.147. The Morgan fingerprint density at radius 1 is 1.36 bits per heavy atom. The monoisotopic (exact) mass is 306 g/mol. The number of carbonyl (C=O) groups excluding carboxylic acids is 2. The molecule has 1 unspecified atom stereocenters. The summed E-state index contributed by atoms with van der Waals surface area (Å²) in [4.78, 5) is 27.9. The van der Waals surface area contributed by atoms with Crippen molar-refractivity contribution in [2.45, 2.75) is 46.1 Å². The minimum atomic E-state index is -0.552. The quantitative estimate of drug-likeness (QED) is 0.869. The Labute approximate surface area is 130 Å². The van der Waals surface area contributed by atoms with Gasteiger partial charge in [-0.1, -0.05) is 0 Å². The molecule has 1 heterocycles. The van der Waals surface area contributed by atoms with Crippen LogP contribution in [0, 0.1) is 5.92 Å². The lowest BCUT2D eigenvalue weighted by Crippen LogP contribution is -2.27. The third-order valence-corrected chi connectivity index (χ3v) is 3.23. The average Bonchev–Trinajstić information content (AvgIpc) is 2.79. The molecule has 0 spiro atoms. The van der Waals surface area contributed by atoms with Crippen LogP contribution in [0.15, 0.2) is 12.3 Å². The first kappa shape index (κ1) is 16.3. The molecular formula is C16H22N2O4. The van der Waals surface area contributed by atoms with Crippen LogP contribution in [0.25, 0.3) is 0 Å². The molecule has 6 heteroatoms. The van der Waals surface area contributed by atoms with Gasteiger partial charge in [-0.2, -0.15) is 0 Å². The summed E-state index contributed by atoms with van der Waals surface area (Å²) in [5.74, 6) is -0.374. The molecule has 6 nitrogen and oxygen atoms in total. The van der Waals surface area contributed by atoms with Crippen molar-refractivity contribution in [3.8, 4) is 0 Å². The van der Waals surface area contributed by atoms with Crippen molar-refractivity contribution in [3.63, 3.8) is 0 Å². The van der Waals surface area contributed by atoms with Gasteiger partial charge < -0.3 is 9.47 Å². The predicted molar refractivity (Wildman–Crippen MR) is 81.6 cm³/mol. The second-order valence-corrected chi connectivity index (χ2v) is 6.31. The zero-order valence-electron chi connectivity index (χ0n) is 13.4. The Bertz CT molecular complexity index is 578. The van der Waals surface area contributed by atoms with E-state index in [1.54, 1.807) is 33.9 Å². The first-order valence-electron chi connectivity index (χ1n) is 7.43. The van der Waals surface area contributed by atoms with E-state index >= 15 is 0 Å². The second-order valence-electron chi connectivity index (χ2n) is 6.31. The van der Waals surface area contributed by atoms with Gasteiger partial charge in [0, 0.05) is 12.1 Å². The smallest absolute Gasteiger partial charge is 0.412 e. The number of ether oxygens (including phenoxy) is 2. The highest BCUT2D eigenvalue weighted by Crippen LogP contribution is 2.28. The van der Waals surface area contributed by atoms with Crippen molar-refractivity contribution in [2.75, 3.05) is 11.9 Å². The highest BCUT2D eigenvalue weighted by atomic mass is 16.6. The minimum absolute atomic E-state index is 0.181. The number of esters is 1. The molecule has 0 saturated carbocycles. The maximum Gasteiger partial charge on any atom is 0.412 e. The van der Waals surface area contributed by atoms with Crippen molar-refractivity contribution >= 4 is 17.7 Å². The number of nitrogens with zero attached hydrogens (tertiary/aromatic N) is 1. The van der Waals surface area contributed by atoms with E-state index in [0.717, 1.165) is 11.3 Å². The molecule has 1 aromatic rings. The number of anilines is 1. The Morgan fingerprint density at radius 2 is 2.09 bits per heavy atom. The number of nitrogens with one attached hydrogen (secondary N) is 1. The Kier molecular flexibility index (Phi) is 4.68. The third kappa shape index (κ3) is 4.19. The molecule has 1 aliphatic carbocycles. The maximum atomic E-state index is 11.8. The number of amides is 1. The zero-order valence-corrected chi connectivity index (χ0v) is 13.4. The van der Waals surface area contributed by atoms with Crippen LogP contribution in [-0.2, 0) is 27.1 Å². The predicted octanol–water partition coefficient (Wildman–Crippen LogP) is 2.71. The fourth-order valence-electron chi connectivity index (χ4n) is 2.39. The molecule has 1 aromatic heterocycles. The van der Waals surface area contributed by atoms with Crippen LogP contribution in [0.2, 0.25) is 0 Å². The summed E-state index contributed by atoms with van der Waals surface area (Å²) in [6, 6.07) is 1.84. The van der Waals surface area contributed by atoms with Crippen molar-refractivity contribution in [1.82, 2.24) is 4.98 Å². The Balaban J connectivity index is 2.01. The van der Waals surface area contributed by atoms with Crippen LogP contribution in [0.4, 0.5) is 10.5 Å². The van der Waals surface area contributed by atoms with Gasteiger partial charge in [-0.25, -0.2) is 4.79 Å². The van der Waals surface area contributed by atoms with Crippen LogP contribution in [0.5, 0.6) is 0 Å². The fourth-order valence-corrected chi connectivity index (χ4v) is 2.39. The van der Waals surface area contributed by atoms with Gasteiger partial charge in [0.1, 0.15) is 5.60 Å². The van der Waals surface area contributed by atoms with Crippen LogP contribution >= 0.6 is 0 Å². The lowest BCUT2D eigenvalue weighted by Gasteiger charge is -2.19. The summed E-state index contributed by atoms with van der Waals surface area (Å²) in [6.07, 6.45) is 2.23. The van der Waals surface area contributed by atoms with Gasteiger partial charge in [0.05, 0.1) is 24.4 Å². The Morgan fingerprint density at radius 3 is 2.73 bits per heavy atom. The molecule has 1 atom stereocenters. The molecule has 2 rings (SSSR count). The molecule has 1 amide bonds. The molecule has 0 aromatic carbocycles. The summed E-state index contributed by atoms with van der Waals surface area (Å²) in [5.41, 5.74) is 1.86. The van der Waals surface area contributed by atoms with Crippen LogP contribution in [0.1, 0.15) is 39.0 Å². The van der Waals surface area contributed by atoms with Gasteiger partial charge >= 0.3 is 12.1 Å². The van der Waals surface area contributed by atoms with Crippen LogP contribution < -0.4 is 5.32 Å². The van der Waals surface area contributed by atoms with E-state index < -0.39 is 11.7 Å². The summed E-state index contributed by atoms with van der Waals surface area (Å²) in [5, 5.41) is 2.66. The van der Waals surface area contributed by atoms with Gasteiger partial charge in [0.2, 0.25) is 0 Å². The van der Waals surface area contributed by atoms with Gasteiger partial charge in [-0.15, -0.1) is 0 Å². The van der Waals surface area contributed by atoms with Gasteiger partial charge in [0.15, 0.2) is 0 Å². The average molecular weight is 306 g/mol. The topological polar surface area (TPSA) is 77.5 Å². The van der Waals surface area contributed by atoms with E-state index in [1.807, 2.05) is 6.07 Å². The number of aromatic nitrogens is 1. The Hall–Kier alpha value is -2.11. The van der Waals surface area contributed by atoms with E-state index in [9.17, 15) is 9.59 Å². The molecular weight excluding hydrogens is 284 g/mol.